The Morgan fingerprint density at radius 3 is 2.34 bits per heavy atom. The molecule has 2 aliphatic rings. The van der Waals surface area contributed by atoms with E-state index in [1.165, 1.54) is 4.31 Å². The maximum absolute atomic E-state index is 12.4. The van der Waals surface area contributed by atoms with Crippen LogP contribution in [0.5, 0.6) is 0 Å². The molecule has 1 saturated heterocycles. The average Bonchev–Trinajstić information content (AvgIpc) is 2.63. The SMILES string of the molecule is CN=C(NCCCNC(=O)C1CCC1)N1CCN(S(=O)(=O)CCOC(C)C)CC1. The minimum atomic E-state index is -3.29. The highest BCUT2D eigenvalue weighted by molar-refractivity contribution is 7.89. The molecule has 1 amide bonds. The van der Waals surface area contributed by atoms with Gasteiger partial charge in [0.05, 0.1) is 18.5 Å². The highest BCUT2D eigenvalue weighted by Crippen LogP contribution is 2.26. The van der Waals surface area contributed by atoms with Crippen LogP contribution in [0, 0.1) is 5.92 Å². The second-order valence-electron chi connectivity index (χ2n) is 7.87. The number of carbonyl (C=O) groups excluding carboxylic acids is 1. The molecule has 0 aromatic rings. The van der Waals surface area contributed by atoms with Crippen LogP contribution in [0.3, 0.4) is 0 Å². The monoisotopic (exact) mass is 431 g/mol. The summed E-state index contributed by atoms with van der Waals surface area (Å²) >= 11 is 0. The van der Waals surface area contributed by atoms with Gasteiger partial charge >= 0.3 is 0 Å². The Hall–Kier alpha value is -1.39. The van der Waals surface area contributed by atoms with Gasteiger partial charge in [-0.2, -0.15) is 4.31 Å². The van der Waals surface area contributed by atoms with Crippen molar-refractivity contribution in [3.8, 4) is 0 Å². The van der Waals surface area contributed by atoms with Gasteiger partial charge in [0.1, 0.15) is 0 Å². The molecule has 1 saturated carbocycles. The Morgan fingerprint density at radius 1 is 1.14 bits per heavy atom. The number of piperazine rings is 1. The van der Waals surface area contributed by atoms with Crippen LogP contribution in [0.4, 0.5) is 0 Å². The molecule has 29 heavy (non-hydrogen) atoms. The standard InChI is InChI=1S/C19H37N5O4S/c1-16(2)28-14-15-29(26,27)24-12-10-23(11-13-24)19(20-3)22-9-5-8-21-18(25)17-6-4-7-17/h16-17H,4-15H2,1-3H3,(H,20,22)(H,21,25). The number of nitrogens with one attached hydrogen (secondary N) is 2. The Balaban J connectivity index is 1.65. The molecule has 1 aliphatic heterocycles. The molecule has 0 aromatic heterocycles. The normalized spacial score (nSPS) is 19.3. The first kappa shape index (κ1) is 23.9. The Labute approximate surface area is 175 Å². The van der Waals surface area contributed by atoms with Crippen LogP contribution in [0.1, 0.15) is 39.5 Å². The third-order valence-corrected chi connectivity index (χ3v) is 7.18. The molecule has 0 bridgehead atoms. The average molecular weight is 432 g/mol. The molecule has 168 valence electrons. The number of nitrogens with zero attached hydrogens (tertiary/aromatic N) is 3. The van der Waals surface area contributed by atoms with Gasteiger partial charge in [0.2, 0.25) is 15.9 Å². The lowest BCUT2D eigenvalue weighted by molar-refractivity contribution is -0.127. The van der Waals surface area contributed by atoms with Gasteiger partial charge in [0.15, 0.2) is 5.96 Å². The number of amides is 1. The molecule has 0 unspecified atom stereocenters. The minimum Gasteiger partial charge on any atom is -0.378 e. The Morgan fingerprint density at radius 2 is 1.79 bits per heavy atom. The van der Waals surface area contributed by atoms with E-state index in [2.05, 4.69) is 20.5 Å². The van der Waals surface area contributed by atoms with Crippen molar-refractivity contribution < 1.29 is 17.9 Å². The quantitative estimate of drug-likeness (QED) is 0.292. The number of rotatable bonds is 10. The summed E-state index contributed by atoms with van der Waals surface area (Å²) in [7, 11) is -1.56. The first-order chi connectivity index (χ1) is 13.8. The molecule has 10 heteroatoms. The summed E-state index contributed by atoms with van der Waals surface area (Å²) in [4.78, 5) is 18.2. The lowest BCUT2D eigenvalue weighted by Gasteiger charge is -2.35. The van der Waals surface area contributed by atoms with Crippen molar-refractivity contribution in [3.63, 3.8) is 0 Å². The summed E-state index contributed by atoms with van der Waals surface area (Å²) in [6, 6.07) is 0. The van der Waals surface area contributed by atoms with Crippen LogP contribution < -0.4 is 10.6 Å². The summed E-state index contributed by atoms with van der Waals surface area (Å²) in [6.07, 6.45) is 4.05. The fourth-order valence-corrected chi connectivity index (χ4v) is 4.63. The van der Waals surface area contributed by atoms with Crippen molar-refractivity contribution >= 4 is 21.9 Å². The molecule has 2 rings (SSSR count). The highest BCUT2D eigenvalue weighted by atomic mass is 32.2. The van der Waals surface area contributed by atoms with Crippen LogP contribution in [-0.2, 0) is 19.6 Å². The van der Waals surface area contributed by atoms with Gasteiger partial charge in [-0.1, -0.05) is 6.42 Å². The van der Waals surface area contributed by atoms with Crippen LogP contribution in [0.15, 0.2) is 4.99 Å². The fraction of sp³-hybridized carbons (Fsp3) is 0.895. The summed E-state index contributed by atoms with van der Waals surface area (Å²) in [5.41, 5.74) is 0. The Kier molecular flexibility index (Phi) is 9.64. The number of hydrogen-bond acceptors (Lipinski definition) is 5. The number of ether oxygens (including phenoxy) is 1. The van der Waals surface area contributed by atoms with Crippen LogP contribution in [0.2, 0.25) is 0 Å². The van der Waals surface area contributed by atoms with Gasteiger partial charge in [0.25, 0.3) is 0 Å². The van der Waals surface area contributed by atoms with E-state index in [-0.39, 0.29) is 30.3 Å². The molecule has 1 heterocycles. The topological polar surface area (TPSA) is 103 Å². The van der Waals surface area contributed by atoms with E-state index in [9.17, 15) is 13.2 Å². The maximum atomic E-state index is 12.4. The minimum absolute atomic E-state index is 0.0186. The van der Waals surface area contributed by atoms with Crippen LogP contribution >= 0.6 is 0 Å². The molecule has 2 fully saturated rings. The van der Waals surface area contributed by atoms with E-state index in [1.54, 1.807) is 7.05 Å². The van der Waals surface area contributed by atoms with Crippen molar-refractivity contribution in [1.29, 1.82) is 0 Å². The van der Waals surface area contributed by atoms with Gasteiger partial charge < -0.3 is 20.3 Å². The lowest BCUT2D eigenvalue weighted by atomic mass is 9.85. The summed E-state index contributed by atoms with van der Waals surface area (Å²) in [5, 5.41) is 6.29. The molecule has 0 radical (unpaired) electrons. The summed E-state index contributed by atoms with van der Waals surface area (Å²) < 4.78 is 31.8. The first-order valence-electron chi connectivity index (χ1n) is 10.7. The molecule has 9 nitrogen and oxygen atoms in total. The van der Waals surface area contributed by atoms with Gasteiger partial charge in [0, 0.05) is 52.2 Å². The smallest absolute Gasteiger partial charge is 0.223 e. The maximum Gasteiger partial charge on any atom is 0.223 e. The van der Waals surface area contributed by atoms with Crippen LogP contribution in [0.25, 0.3) is 0 Å². The van der Waals surface area contributed by atoms with Crippen LogP contribution in [-0.4, -0.2) is 94.3 Å². The molecule has 0 aromatic carbocycles. The third kappa shape index (κ3) is 7.75. The predicted molar refractivity (Wildman–Crippen MR) is 114 cm³/mol. The van der Waals surface area contributed by atoms with Crippen molar-refractivity contribution in [1.82, 2.24) is 19.8 Å². The van der Waals surface area contributed by atoms with E-state index < -0.39 is 10.0 Å². The summed E-state index contributed by atoms with van der Waals surface area (Å²) in [5.74, 6) is 1.19. The van der Waals surface area contributed by atoms with E-state index >= 15 is 0 Å². The number of sulfonamides is 1. The Bertz CT molecular complexity index is 641. The van der Waals surface area contributed by atoms with Crippen molar-refractivity contribution in [3.05, 3.63) is 0 Å². The van der Waals surface area contributed by atoms with Crippen molar-refractivity contribution in [2.24, 2.45) is 10.9 Å². The zero-order valence-corrected chi connectivity index (χ0v) is 18.8. The van der Waals surface area contributed by atoms with E-state index in [0.717, 1.165) is 31.6 Å². The number of hydrogen-bond donors (Lipinski definition) is 2. The largest absolute Gasteiger partial charge is 0.378 e. The molecule has 0 atom stereocenters. The predicted octanol–water partition coefficient (Wildman–Crippen LogP) is 0.241. The van der Waals surface area contributed by atoms with E-state index in [1.807, 2.05) is 13.8 Å². The van der Waals surface area contributed by atoms with Gasteiger partial charge in [-0.3, -0.25) is 9.79 Å². The molecule has 1 aliphatic carbocycles. The third-order valence-electron chi connectivity index (χ3n) is 5.35. The molecular weight excluding hydrogens is 394 g/mol. The molecule has 2 N–H and O–H groups in total. The molecular formula is C19H37N5O4S. The first-order valence-corrected chi connectivity index (χ1v) is 12.3. The van der Waals surface area contributed by atoms with Gasteiger partial charge in [-0.15, -0.1) is 0 Å². The number of aliphatic imine (C=N–C) groups is 1. The van der Waals surface area contributed by atoms with Gasteiger partial charge in [-0.25, -0.2) is 8.42 Å². The van der Waals surface area contributed by atoms with Gasteiger partial charge in [-0.05, 0) is 33.1 Å². The zero-order valence-electron chi connectivity index (χ0n) is 18.0. The van der Waals surface area contributed by atoms with Crippen molar-refractivity contribution in [2.45, 2.75) is 45.6 Å². The highest BCUT2D eigenvalue weighted by Gasteiger charge is 2.28. The number of guanidine groups is 1. The molecule has 0 spiro atoms. The second-order valence-corrected chi connectivity index (χ2v) is 9.96. The number of carbonyl (C=O) groups is 1. The van der Waals surface area contributed by atoms with E-state index in [4.69, 9.17) is 4.74 Å². The zero-order chi connectivity index (χ0) is 21.3. The second kappa shape index (κ2) is 11.7. The summed E-state index contributed by atoms with van der Waals surface area (Å²) in [6.45, 7) is 7.47. The van der Waals surface area contributed by atoms with Crippen molar-refractivity contribution in [2.75, 3.05) is 58.7 Å². The van der Waals surface area contributed by atoms with E-state index in [0.29, 0.717) is 39.3 Å². The fourth-order valence-electron chi connectivity index (χ4n) is 3.34. The lowest BCUT2D eigenvalue weighted by Crippen LogP contribution is -2.54.